The van der Waals surface area contributed by atoms with Crippen molar-refractivity contribution in [3.05, 3.63) is 33.1 Å². The lowest BCUT2D eigenvalue weighted by atomic mass is 10.1. The van der Waals surface area contributed by atoms with E-state index in [1.807, 2.05) is 6.92 Å². The van der Waals surface area contributed by atoms with Crippen molar-refractivity contribution in [1.82, 2.24) is 9.55 Å². The first-order valence-corrected chi connectivity index (χ1v) is 7.84. The summed E-state index contributed by atoms with van der Waals surface area (Å²) in [4.78, 5) is 18.5. The Morgan fingerprint density at radius 1 is 1.40 bits per heavy atom. The molecule has 0 unspecified atom stereocenters. The maximum absolute atomic E-state index is 12.1. The van der Waals surface area contributed by atoms with Gasteiger partial charge in [-0.25, -0.2) is 4.79 Å². The van der Waals surface area contributed by atoms with Gasteiger partial charge in [0.15, 0.2) is 0 Å². The average molecular weight is 289 g/mol. The highest BCUT2D eigenvalue weighted by Gasteiger charge is 2.20. The second-order valence-electron chi connectivity index (χ2n) is 5.57. The number of nitrogens with zero attached hydrogens (tertiary/aromatic N) is 2. The van der Waals surface area contributed by atoms with E-state index >= 15 is 0 Å². The molecule has 0 amide bonds. The molecule has 1 aliphatic rings. The molecule has 0 spiro atoms. The Morgan fingerprint density at radius 2 is 2.15 bits per heavy atom. The van der Waals surface area contributed by atoms with Crippen LogP contribution in [0.25, 0.3) is 10.2 Å². The van der Waals surface area contributed by atoms with E-state index in [2.05, 4.69) is 11.6 Å². The third-order valence-corrected chi connectivity index (χ3v) is 5.09. The van der Waals surface area contributed by atoms with Gasteiger partial charge in [-0.05, 0) is 38.2 Å². The van der Waals surface area contributed by atoms with Crippen LogP contribution in [0.1, 0.15) is 36.6 Å². The first-order valence-electron chi connectivity index (χ1n) is 7.03. The van der Waals surface area contributed by atoms with Crippen molar-refractivity contribution >= 4 is 27.4 Å². The molecule has 0 saturated carbocycles. The van der Waals surface area contributed by atoms with Crippen LogP contribution in [0.2, 0.25) is 0 Å². The minimum atomic E-state index is -0.269. The van der Waals surface area contributed by atoms with Crippen LogP contribution >= 0.6 is 11.3 Å². The van der Waals surface area contributed by atoms with Crippen molar-refractivity contribution < 1.29 is 0 Å². The molecular formula is C15H19N3OS. The number of fused-ring (bicyclic) bond motifs is 3. The lowest BCUT2D eigenvalue weighted by Crippen LogP contribution is -2.24. The summed E-state index contributed by atoms with van der Waals surface area (Å²) in [5, 5.41) is 1.01. The molecule has 0 radical (unpaired) electrons. The van der Waals surface area contributed by atoms with Crippen LogP contribution in [0.3, 0.4) is 0 Å². The molecule has 0 aromatic carbocycles. The van der Waals surface area contributed by atoms with Gasteiger partial charge in [0.2, 0.25) is 0 Å². The number of nitrogen functional groups attached to an aromatic ring is 1. The van der Waals surface area contributed by atoms with Crippen molar-refractivity contribution in [2.45, 2.75) is 45.6 Å². The topological polar surface area (TPSA) is 60.9 Å². The first kappa shape index (κ1) is 13.4. The molecule has 0 aliphatic heterocycles. The third kappa shape index (κ3) is 2.16. The number of aryl methyl sites for hydroxylation is 2. The summed E-state index contributed by atoms with van der Waals surface area (Å²) < 4.78 is 1.72. The number of allylic oxidation sites excluding steroid dienone is 1. The maximum Gasteiger partial charge on any atom is 0.350 e. The fraction of sp³-hybridized carbons (Fsp3) is 0.467. The van der Waals surface area contributed by atoms with Crippen LogP contribution in [0.5, 0.6) is 0 Å². The van der Waals surface area contributed by atoms with E-state index < -0.39 is 0 Å². The fourth-order valence-corrected chi connectivity index (χ4v) is 4.29. The lowest BCUT2D eigenvalue weighted by Gasteiger charge is -2.08. The minimum Gasteiger partial charge on any atom is -0.383 e. The van der Waals surface area contributed by atoms with Gasteiger partial charge in [-0.1, -0.05) is 18.6 Å². The van der Waals surface area contributed by atoms with Crippen LogP contribution < -0.4 is 11.4 Å². The molecule has 2 aromatic heterocycles. The molecule has 2 heterocycles. The monoisotopic (exact) mass is 289 g/mol. The zero-order valence-corrected chi connectivity index (χ0v) is 12.6. The summed E-state index contributed by atoms with van der Waals surface area (Å²) in [5.74, 6) is 0.391. The zero-order valence-electron chi connectivity index (χ0n) is 11.7. The Morgan fingerprint density at radius 3 is 2.90 bits per heavy atom. The summed E-state index contributed by atoms with van der Waals surface area (Å²) in [6, 6.07) is 0. The Kier molecular flexibility index (Phi) is 3.38. The minimum absolute atomic E-state index is 0.269. The highest BCUT2D eigenvalue weighted by molar-refractivity contribution is 7.19. The van der Waals surface area contributed by atoms with Crippen molar-refractivity contribution in [2.24, 2.45) is 0 Å². The van der Waals surface area contributed by atoms with Gasteiger partial charge < -0.3 is 5.73 Å². The number of hydrogen-bond acceptors (Lipinski definition) is 4. The predicted octanol–water partition coefficient (Wildman–Crippen LogP) is 2.89. The number of rotatable bonds is 2. The molecule has 2 N–H and O–H groups in total. The van der Waals surface area contributed by atoms with Crippen LogP contribution in [-0.4, -0.2) is 9.55 Å². The second kappa shape index (κ2) is 5.05. The lowest BCUT2D eigenvalue weighted by molar-refractivity contribution is 0.713. The van der Waals surface area contributed by atoms with Gasteiger partial charge in [0.1, 0.15) is 10.6 Å². The van der Waals surface area contributed by atoms with Crippen LogP contribution in [0.4, 0.5) is 5.82 Å². The van der Waals surface area contributed by atoms with Crippen LogP contribution in [0.15, 0.2) is 16.9 Å². The number of aromatic nitrogens is 2. The van der Waals surface area contributed by atoms with Gasteiger partial charge in [0.05, 0.1) is 5.39 Å². The molecule has 0 bridgehead atoms. The molecule has 2 aromatic rings. The van der Waals surface area contributed by atoms with Crippen LogP contribution in [-0.2, 0) is 19.4 Å². The molecule has 106 valence electrons. The van der Waals surface area contributed by atoms with Crippen molar-refractivity contribution in [2.75, 3.05) is 5.73 Å². The quantitative estimate of drug-likeness (QED) is 0.683. The molecule has 0 saturated heterocycles. The molecular weight excluding hydrogens is 270 g/mol. The van der Waals surface area contributed by atoms with E-state index in [1.54, 1.807) is 15.9 Å². The van der Waals surface area contributed by atoms with E-state index in [9.17, 15) is 4.79 Å². The summed E-state index contributed by atoms with van der Waals surface area (Å²) >= 11 is 1.71. The number of nitrogens with two attached hydrogens (primary N) is 1. The summed E-state index contributed by atoms with van der Waals surface area (Å²) in [6.07, 6.45) is 5.82. The van der Waals surface area contributed by atoms with Gasteiger partial charge in [0, 0.05) is 11.4 Å². The van der Waals surface area contributed by atoms with E-state index in [0.717, 1.165) is 28.6 Å². The normalized spacial score (nSPS) is 15.1. The molecule has 5 heteroatoms. The highest BCUT2D eigenvalue weighted by Crippen LogP contribution is 2.37. The van der Waals surface area contributed by atoms with Crippen molar-refractivity contribution in [3.8, 4) is 0 Å². The van der Waals surface area contributed by atoms with E-state index in [4.69, 9.17) is 5.73 Å². The number of anilines is 1. The Balaban J connectivity index is 2.31. The largest absolute Gasteiger partial charge is 0.383 e. The molecule has 4 nitrogen and oxygen atoms in total. The van der Waals surface area contributed by atoms with E-state index in [1.165, 1.54) is 29.7 Å². The van der Waals surface area contributed by atoms with E-state index in [0.29, 0.717) is 12.4 Å². The zero-order chi connectivity index (χ0) is 14.3. The Labute approximate surface area is 121 Å². The molecule has 20 heavy (non-hydrogen) atoms. The standard InChI is InChI=1S/C15H19N3OS/c1-9(2)8-18-14-12(13(16)17-15(18)19)10-6-4-3-5-7-11(10)20-14/h1,3-8H2,2H3,(H2,16,17,19). The number of thiophene rings is 1. The number of hydrogen-bond donors (Lipinski definition) is 1. The maximum atomic E-state index is 12.1. The summed E-state index contributed by atoms with van der Waals surface area (Å²) in [5.41, 5.74) is 8.04. The SMILES string of the molecule is C=C(C)Cn1c(=O)nc(N)c2c3c(sc21)CCCCC3. The van der Waals surface area contributed by atoms with Crippen molar-refractivity contribution in [3.63, 3.8) is 0 Å². The van der Waals surface area contributed by atoms with E-state index in [-0.39, 0.29) is 5.69 Å². The molecule has 3 rings (SSSR count). The Hall–Kier alpha value is -1.62. The van der Waals surface area contributed by atoms with Gasteiger partial charge in [-0.15, -0.1) is 11.3 Å². The summed E-state index contributed by atoms with van der Waals surface area (Å²) in [7, 11) is 0. The average Bonchev–Trinajstić information content (AvgIpc) is 2.58. The smallest absolute Gasteiger partial charge is 0.350 e. The van der Waals surface area contributed by atoms with Gasteiger partial charge in [0.25, 0.3) is 0 Å². The Bertz CT molecular complexity index is 742. The summed E-state index contributed by atoms with van der Waals surface area (Å²) in [6.45, 7) is 6.34. The predicted molar refractivity (Wildman–Crippen MR) is 84.4 cm³/mol. The second-order valence-corrected chi connectivity index (χ2v) is 6.65. The molecule has 1 aliphatic carbocycles. The van der Waals surface area contributed by atoms with Crippen LogP contribution in [0, 0.1) is 0 Å². The fourth-order valence-electron chi connectivity index (χ4n) is 2.90. The van der Waals surface area contributed by atoms with Gasteiger partial charge >= 0.3 is 5.69 Å². The van der Waals surface area contributed by atoms with Gasteiger partial charge in [-0.3, -0.25) is 4.57 Å². The molecule has 0 atom stereocenters. The van der Waals surface area contributed by atoms with Crippen molar-refractivity contribution in [1.29, 1.82) is 0 Å². The first-order chi connectivity index (χ1) is 9.58. The third-order valence-electron chi connectivity index (χ3n) is 3.78. The highest BCUT2D eigenvalue weighted by atomic mass is 32.1. The van der Waals surface area contributed by atoms with Gasteiger partial charge in [-0.2, -0.15) is 4.98 Å². The molecule has 0 fully saturated rings.